The third-order valence-corrected chi connectivity index (χ3v) is 5.48. The van der Waals surface area contributed by atoms with Crippen LogP contribution < -0.4 is 5.32 Å². The Bertz CT molecular complexity index is 677. The molecule has 1 amide bonds. The van der Waals surface area contributed by atoms with Gasteiger partial charge in [0.15, 0.2) is 0 Å². The van der Waals surface area contributed by atoms with E-state index in [-0.39, 0.29) is 17.6 Å². The molecular formula is C21H27N2O2+. The van der Waals surface area contributed by atoms with Gasteiger partial charge in [0.2, 0.25) is 0 Å². The Hall–Kier alpha value is -2.33. The zero-order valence-electron chi connectivity index (χ0n) is 15.1. The van der Waals surface area contributed by atoms with Crippen molar-refractivity contribution >= 4 is 6.09 Å². The number of nitrogens with zero attached hydrogens (tertiary/aromatic N) is 1. The molecule has 1 fully saturated rings. The first-order valence-electron chi connectivity index (χ1n) is 8.80. The van der Waals surface area contributed by atoms with E-state index in [1.807, 2.05) is 12.1 Å². The molecule has 2 N–H and O–H groups in total. The molecule has 0 saturated carbocycles. The summed E-state index contributed by atoms with van der Waals surface area (Å²) in [4.78, 5) is 11.1. The van der Waals surface area contributed by atoms with Crippen LogP contribution >= 0.6 is 0 Å². The van der Waals surface area contributed by atoms with E-state index in [0.717, 1.165) is 17.6 Å². The van der Waals surface area contributed by atoms with Crippen LogP contribution in [0.25, 0.3) is 0 Å². The molecule has 0 unspecified atom stereocenters. The van der Waals surface area contributed by atoms with E-state index < -0.39 is 6.09 Å². The van der Waals surface area contributed by atoms with Crippen molar-refractivity contribution < 1.29 is 14.4 Å². The van der Waals surface area contributed by atoms with Crippen molar-refractivity contribution in [2.75, 3.05) is 13.1 Å². The van der Waals surface area contributed by atoms with Gasteiger partial charge >= 0.3 is 6.09 Å². The van der Waals surface area contributed by atoms with Crippen molar-refractivity contribution in [2.24, 2.45) is 0 Å². The highest BCUT2D eigenvalue weighted by atomic mass is 16.4. The summed E-state index contributed by atoms with van der Waals surface area (Å²) in [6.45, 7) is 8.35. The molecular weight excluding hydrogens is 312 g/mol. The number of hydrogen-bond acceptors (Lipinski definition) is 1. The summed E-state index contributed by atoms with van der Waals surface area (Å²) in [6, 6.07) is 21.3. The molecule has 3 rings (SSSR count). The van der Waals surface area contributed by atoms with E-state index in [9.17, 15) is 4.79 Å². The summed E-state index contributed by atoms with van der Waals surface area (Å²) < 4.78 is 0.839. The van der Waals surface area contributed by atoms with Crippen molar-refractivity contribution in [1.82, 2.24) is 5.32 Å². The van der Waals surface area contributed by atoms with Gasteiger partial charge in [-0.3, -0.25) is 0 Å². The number of carboxylic acid groups (broad SMARTS) is 1. The number of nitrogens with one attached hydrogen (secondary N) is 1. The quantitative estimate of drug-likeness (QED) is 0.826. The molecule has 1 aliphatic rings. The third-order valence-electron chi connectivity index (χ3n) is 5.48. The minimum Gasteiger partial charge on any atom is -0.465 e. The minimum atomic E-state index is -0.937. The molecule has 0 spiro atoms. The van der Waals surface area contributed by atoms with Gasteiger partial charge in [0, 0.05) is 11.1 Å². The van der Waals surface area contributed by atoms with E-state index in [2.05, 4.69) is 74.6 Å². The largest absolute Gasteiger partial charge is 0.465 e. The van der Waals surface area contributed by atoms with Gasteiger partial charge in [-0.1, -0.05) is 60.7 Å². The van der Waals surface area contributed by atoms with E-state index >= 15 is 0 Å². The van der Waals surface area contributed by atoms with E-state index in [4.69, 9.17) is 5.11 Å². The normalized spacial score (nSPS) is 23.1. The molecule has 2 aromatic carbocycles. The SMILES string of the molecule is CC(C)(C)[N+]1(C(c2ccccc2)c2ccccc2)CC(NC(=O)O)C1. The van der Waals surface area contributed by atoms with Crippen molar-refractivity contribution in [2.45, 2.75) is 38.4 Å². The Morgan fingerprint density at radius 2 is 1.44 bits per heavy atom. The standard InChI is InChI=1S/C21H26N2O2/c1-21(2,3)23(14-18(15-23)22-20(24)25)19(16-10-6-4-7-11-16)17-12-8-5-9-13-17/h4-13,18-19,22H,14-15H2,1-3H3/p+1. The Labute approximate surface area is 149 Å². The lowest BCUT2D eigenvalue weighted by atomic mass is 9.82. The van der Waals surface area contributed by atoms with Gasteiger partial charge in [-0.2, -0.15) is 0 Å². The van der Waals surface area contributed by atoms with Gasteiger partial charge in [-0.05, 0) is 20.8 Å². The van der Waals surface area contributed by atoms with Crippen LogP contribution in [-0.4, -0.2) is 40.4 Å². The van der Waals surface area contributed by atoms with Gasteiger partial charge in [0.25, 0.3) is 0 Å². The molecule has 1 heterocycles. The first-order chi connectivity index (χ1) is 11.8. The van der Waals surface area contributed by atoms with Gasteiger partial charge in [0.1, 0.15) is 25.2 Å². The van der Waals surface area contributed by atoms with Crippen molar-refractivity contribution in [3.05, 3.63) is 71.8 Å². The fourth-order valence-electron chi connectivity index (χ4n) is 4.18. The topological polar surface area (TPSA) is 49.3 Å². The van der Waals surface area contributed by atoms with Crippen LogP contribution in [0.1, 0.15) is 37.9 Å². The molecule has 132 valence electrons. The monoisotopic (exact) mass is 339 g/mol. The van der Waals surface area contributed by atoms with Crippen LogP contribution in [0.2, 0.25) is 0 Å². The highest BCUT2D eigenvalue weighted by Crippen LogP contribution is 2.46. The fraction of sp³-hybridized carbons (Fsp3) is 0.381. The third kappa shape index (κ3) is 3.27. The van der Waals surface area contributed by atoms with Crippen LogP contribution in [0, 0.1) is 0 Å². The van der Waals surface area contributed by atoms with Crippen LogP contribution in [0.5, 0.6) is 0 Å². The summed E-state index contributed by atoms with van der Waals surface area (Å²) in [5.74, 6) is 0. The predicted octanol–water partition coefficient (Wildman–Crippen LogP) is 4.04. The van der Waals surface area contributed by atoms with Crippen LogP contribution in [0.15, 0.2) is 60.7 Å². The smallest absolute Gasteiger partial charge is 0.405 e. The summed E-state index contributed by atoms with van der Waals surface area (Å²) in [5.41, 5.74) is 2.54. The molecule has 0 radical (unpaired) electrons. The number of benzene rings is 2. The molecule has 0 atom stereocenters. The predicted molar refractivity (Wildman–Crippen MR) is 99.4 cm³/mol. The summed E-state index contributed by atoms with van der Waals surface area (Å²) in [6.07, 6.45) is -0.937. The van der Waals surface area contributed by atoms with E-state index in [0.29, 0.717) is 0 Å². The molecule has 0 aliphatic carbocycles. The fourth-order valence-corrected chi connectivity index (χ4v) is 4.18. The number of hydrogen-bond donors (Lipinski definition) is 2. The summed E-state index contributed by atoms with van der Waals surface area (Å²) >= 11 is 0. The number of amides is 1. The Morgan fingerprint density at radius 3 is 1.80 bits per heavy atom. The number of rotatable bonds is 4. The highest BCUT2D eigenvalue weighted by Gasteiger charge is 2.57. The van der Waals surface area contributed by atoms with Crippen LogP contribution in [0.3, 0.4) is 0 Å². The first-order valence-corrected chi connectivity index (χ1v) is 8.80. The van der Waals surface area contributed by atoms with Gasteiger partial charge in [0.05, 0.1) is 5.54 Å². The summed E-state index contributed by atoms with van der Waals surface area (Å²) in [7, 11) is 0. The minimum absolute atomic E-state index is 0.00616. The molecule has 25 heavy (non-hydrogen) atoms. The average Bonchev–Trinajstić information content (AvgIpc) is 2.53. The molecule has 4 nitrogen and oxygen atoms in total. The van der Waals surface area contributed by atoms with Crippen LogP contribution in [0.4, 0.5) is 4.79 Å². The zero-order valence-corrected chi connectivity index (χ0v) is 15.1. The Balaban J connectivity index is 2.05. The maximum absolute atomic E-state index is 11.1. The molecule has 4 heteroatoms. The maximum Gasteiger partial charge on any atom is 0.405 e. The number of carbonyl (C=O) groups is 1. The highest BCUT2D eigenvalue weighted by molar-refractivity contribution is 5.65. The first kappa shape index (κ1) is 17.5. The average molecular weight is 339 g/mol. The molecule has 0 bridgehead atoms. The summed E-state index contributed by atoms with van der Waals surface area (Å²) in [5, 5.41) is 11.7. The number of likely N-dealkylation sites (tertiary alicyclic amines) is 1. The van der Waals surface area contributed by atoms with Crippen molar-refractivity contribution in [3.63, 3.8) is 0 Å². The van der Waals surface area contributed by atoms with Crippen molar-refractivity contribution in [1.29, 1.82) is 0 Å². The number of quaternary nitrogens is 1. The molecule has 1 saturated heterocycles. The molecule has 0 aromatic heterocycles. The molecule has 2 aromatic rings. The lowest BCUT2D eigenvalue weighted by Crippen LogP contribution is -2.77. The van der Waals surface area contributed by atoms with Crippen LogP contribution in [-0.2, 0) is 0 Å². The van der Waals surface area contributed by atoms with Gasteiger partial charge < -0.3 is 14.9 Å². The van der Waals surface area contributed by atoms with E-state index in [1.165, 1.54) is 11.1 Å². The maximum atomic E-state index is 11.1. The lowest BCUT2D eigenvalue weighted by molar-refractivity contribution is -1.03. The second-order valence-corrected chi connectivity index (χ2v) is 7.94. The van der Waals surface area contributed by atoms with E-state index in [1.54, 1.807) is 0 Å². The second kappa shape index (κ2) is 6.52. The van der Waals surface area contributed by atoms with Gasteiger partial charge in [-0.25, -0.2) is 4.79 Å². The second-order valence-electron chi connectivity index (χ2n) is 7.94. The van der Waals surface area contributed by atoms with Gasteiger partial charge in [-0.15, -0.1) is 0 Å². The lowest BCUT2D eigenvalue weighted by Gasteiger charge is -2.61. The molecule has 1 aliphatic heterocycles. The Kier molecular flexibility index (Phi) is 4.56. The Morgan fingerprint density at radius 1 is 1.00 bits per heavy atom. The van der Waals surface area contributed by atoms with Crippen molar-refractivity contribution in [3.8, 4) is 0 Å². The zero-order chi connectivity index (χ0) is 18.1.